The van der Waals surface area contributed by atoms with Gasteiger partial charge in [0.1, 0.15) is 12.4 Å². The van der Waals surface area contributed by atoms with Gasteiger partial charge in [0.05, 0.1) is 4.90 Å². The molecule has 23 heavy (non-hydrogen) atoms. The van der Waals surface area contributed by atoms with E-state index in [4.69, 9.17) is 14.2 Å². The summed E-state index contributed by atoms with van der Waals surface area (Å²) in [5, 5.41) is 0. The normalized spacial score (nSPS) is 13.1. The largest absolute Gasteiger partial charge is 0.492 e. The molecule has 0 amide bonds. The van der Waals surface area contributed by atoms with Crippen molar-refractivity contribution in [3.05, 3.63) is 46.9 Å². The number of benzene rings is 2. The van der Waals surface area contributed by atoms with E-state index in [0.29, 0.717) is 17.2 Å². The quantitative estimate of drug-likeness (QED) is 0.755. The van der Waals surface area contributed by atoms with Crippen LogP contribution in [0.2, 0.25) is 0 Å². The molecule has 8 heteroatoms. The molecule has 0 atom stereocenters. The maximum Gasteiger partial charge on any atom is 0.240 e. The molecule has 1 aliphatic heterocycles. The molecule has 2 aromatic rings. The second-order valence-electron chi connectivity index (χ2n) is 4.72. The summed E-state index contributed by atoms with van der Waals surface area (Å²) in [6.07, 6.45) is 0. The molecular formula is C15H14BrNO5S. The van der Waals surface area contributed by atoms with Gasteiger partial charge in [-0.1, -0.05) is 15.9 Å². The zero-order chi connectivity index (χ0) is 16.3. The van der Waals surface area contributed by atoms with Gasteiger partial charge in [0.25, 0.3) is 0 Å². The highest BCUT2D eigenvalue weighted by Crippen LogP contribution is 2.34. The maximum atomic E-state index is 12.1. The number of hydrogen-bond donors (Lipinski definition) is 1. The molecule has 0 spiro atoms. The van der Waals surface area contributed by atoms with E-state index in [1.807, 2.05) is 0 Å². The molecule has 1 N–H and O–H groups in total. The lowest BCUT2D eigenvalue weighted by Crippen LogP contribution is -2.28. The number of rotatable bonds is 6. The number of halogens is 1. The van der Waals surface area contributed by atoms with Gasteiger partial charge in [0.15, 0.2) is 11.5 Å². The smallest absolute Gasteiger partial charge is 0.240 e. The van der Waals surface area contributed by atoms with Crippen molar-refractivity contribution in [3.63, 3.8) is 0 Å². The Morgan fingerprint density at radius 1 is 1.09 bits per heavy atom. The summed E-state index contributed by atoms with van der Waals surface area (Å²) < 4.78 is 43.5. The van der Waals surface area contributed by atoms with Crippen LogP contribution < -0.4 is 18.9 Å². The first-order valence-corrected chi connectivity index (χ1v) is 9.10. The van der Waals surface area contributed by atoms with Gasteiger partial charge in [-0.15, -0.1) is 0 Å². The maximum absolute atomic E-state index is 12.1. The predicted molar refractivity (Wildman–Crippen MR) is 87.4 cm³/mol. The molecule has 0 aromatic heterocycles. The summed E-state index contributed by atoms with van der Waals surface area (Å²) in [6.45, 7) is 0.564. The monoisotopic (exact) mass is 399 g/mol. The van der Waals surface area contributed by atoms with Crippen LogP contribution >= 0.6 is 15.9 Å². The highest BCUT2D eigenvalue weighted by Gasteiger charge is 2.15. The van der Waals surface area contributed by atoms with E-state index < -0.39 is 10.0 Å². The van der Waals surface area contributed by atoms with Gasteiger partial charge in [0, 0.05) is 17.1 Å². The van der Waals surface area contributed by atoms with Gasteiger partial charge in [-0.25, -0.2) is 13.1 Å². The van der Waals surface area contributed by atoms with E-state index in [1.54, 1.807) is 30.3 Å². The fourth-order valence-corrected chi connectivity index (χ4v) is 3.29. The van der Waals surface area contributed by atoms with E-state index in [2.05, 4.69) is 20.7 Å². The average Bonchev–Trinajstić information content (AvgIpc) is 3.00. The Labute approximate surface area is 142 Å². The fraction of sp³-hybridized carbons (Fsp3) is 0.200. The summed E-state index contributed by atoms with van der Waals surface area (Å²) in [4.78, 5) is 0.212. The molecule has 0 aliphatic carbocycles. The summed E-state index contributed by atoms with van der Waals surface area (Å²) >= 11 is 3.27. The molecule has 1 aliphatic rings. The van der Waals surface area contributed by atoms with Crippen LogP contribution in [0.15, 0.2) is 51.8 Å². The average molecular weight is 400 g/mol. The first-order chi connectivity index (χ1) is 11.0. The van der Waals surface area contributed by atoms with Crippen molar-refractivity contribution in [2.75, 3.05) is 19.9 Å². The molecule has 0 radical (unpaired) electrons. The van der Waals surface area contributed by atoms with Crippen molar-refractivity contribution in [2.45, 2.75) is 4.90 Å². The van der Waals surface area contributed by atoms with Gasteiger partial charge in [-0.2, -0.15) is 0 Å². The van der Waals surface area contributed by atoms with Gasteiger partial charge in [-0.05, 0) is 36.4 Å². The van der Waals surface area contributed by atoms with Crippen molar-refractivity contribution in [2.24, 2.45) is 0 Å². The zero-order valence-electron chi connectivity index (χ0n) is 12.0. The number of fused-ring (bicyclic) bond motifs is 1. The van der Waals surface area contributed by atoms with Crippen LogP contribution in [0.1, 0.15) is 0 Å². The lowest BCUT2D eigenvalue weighted by atomic mass is 10.3. The van der Waals surface area contributed by atoms with Crippen LogP contribution in [0, 0.1) is 0 Å². The molecule has 1 heterocycles. The molecule has 122 valence electrons. The van der Waals surface area contributed by atoms with Gasteiger partial charge < -0.3 is 14.2 Å². The molecule has 0 bridgehead atoms. The summed E-state index contributed by atoms with van der Waals surface area (Å²) in [5.74, 6) is 1.89. The van der Waals surface area contributed by atoms with Crippen molar-refractivity contribution in [1.82, 2.24) is 4.72 Å². The van der Waals surface area contributed by atoms with E-state index in [9.17, 15) is 8.42 Å². The first-order valence-electron chi connectivity index (χ1n) is 6.82. The standard InChI is InChI=1S/C15H14BrNO5S/c16-11-1-4-13(5-2-11)23(18,19)17-7-8-20-12-3-6-14-15(9-12)22-10-21-14/h1-6,9,17H,7-8,10H2. The third-order valence-corrected chi connectivity index (χ3v) is 5.14. The Hall–Kier alpha value is -1.77. The van der Waals surface area contributed by atoms with Gasteiger partial charge in [0.2, 0.25) is 16.8 Å². The van der Waals surface area contributed by atoms with Crippen molar-refractivity contribution >= 4 is 26.0 Å². The second kappa shape index (κ2) is 6.77. The Balaban J connectivity index is 1.52. The van der Waals surface area contributed by atoms with Gasteiger partial charge >= 0.3 is 0 Å². The molecule has 6 nitrogen and oxygen atoms in total. The number of hydrogen-bond acceptors (Lipinski definition) is 5. The summed E-state index contributed by atoms with van der Waals surface area (Å²) in [5.41, 5.74) is 0. The van der Waals surface area contributed by atoms with Crippen LogP contribution in [-0.2, 0) is 10.0 Å². The Morgan fingerprint density at radius 3 is 2.61 bits per heavy atom. The minimum Gasteiger partial charge on any atom is -0.492 e. The summed E-state index contributed by atoms with van der Waals surface area (Å²) in [6, 6.07) is 11.6. The van der Waals surface area contributed by atoms with Gasteiger partial charge in [-0.3, -0.25) is 0 Å². The van der Waals surface area contributed by atoms with Crippen LogP contribution in [0.3, 0.4) is 0 Å². The van der Waals surface area contributed by atoms with Crippen molar-refractivity contribution in [3.8, 4) is 17.2 Å². The first kappa shape index (κ1) is 16.1. The number of nitrogens with one attached hydrogen (secondary N) is 1. The number of sulfonamides is 1. The zero-order valence-corrected chi connectivity index (χ0v) is 14.4. The highest BCUT2D eigenvalue weighted by atomic mass is 79.9. The molecule has 0 unspecified atom stereocenters. The van der Waals surface area contributed by atoms with E-state index >= 15 is 0 Å². The Bertz CT molecular complexity index is 792. The fourth-order valence-electron chi connectivity index (χ4n) is 2.01. The lowest BCUT2D eigenvalue weighted by Gasteiger charge is -2.09. The second-order valence-corrected chi connectivity index (χ2v) is 7.40. The predicted octanol–water partition coefficient (Wildman–Crippen LogP) is 2.54. The minimum absolute atomic E-state index is 0.160. The molecular weight excluding hydrogens is 386 g/mol. The number of ether oxygens (including phenoxy) is 3. The van der Waals surface area contributed by atoms with Crippen LogP contribution in [0.25, 0.3) is 0 Å². The molecule has 2 aromatic carbocycles. The van der Waals surface area contributed by atoms with Crippen molar-refractivity contribution in [1.29, 1.82) is 0 Å². The third kappa shape index (κ3) is 3.95. The van der Waals surface area contributed by atoms with Crippen LogP contribution in [-0.4, -0.2) is 28.4 Å². The van der Waals surface area contributed by atoms with Crippen LogP contribution in [0.5, 0.6) is 17.2 Å². The minimum atomic E-state index is -3.54. The molecule has 3 rings (SSSR count). The Kier molecular flexibility index (Phi) is 4.74. The third-order valence-electron chi connectivity index (χ3n) is 3.13. The lowest BCUT2D eigenvalue weighted by molar-refractivity contribution is 0.173. The van der Waals surface area contributed by atoms with E-state index in [0.717, 1.165) is 4.47 Å². The summed E-state index contributed by atoms with van der Waals surface area (Å²) in [7, 11) is -3.54. The van der Waals surface area contributed by atoms with Crippen LogP contribution in [0.4, 0.5) is 0 Å². The van der Waals surface area contributed by atoms with E-state index in [-0.39, 0.29) is 24.8 Å². The van der Waals surface area contributed by atoms with Crippen molar-refractivity contribution < 1.29 is 22.6 Å². The highest BCUT2D eigenvalue weighted by molar-refractivity contribution is 9.10. The molecule has 0 saturated carbocycles. The van der Waals surface area contributed by atoms with E-state index in [1.165, 1.54) is 12.1 Å². The molecule has 0 saturated heterocycles. The SMILES string of the molecule is O=S(=O)(NCCOc1ccc2c(c1)OCO2)c1ccc(Br)cc1. The Morgan fingerprint density at radius 2 is 1.83 bits per heavy atom. The molecule has 0 fully saturated rings. The topological polar surface area (TPSA) is 73.9 Å².